The van der Waals surface area contributed by atoms with Gasteiger partial charge >= 0.3 is 0 Å². The van der Waals surface area contributed by atoms with Crippen LogP contribution < -0.4 is 22.7 Å². The predicted octanol–water partition coefficient (Wildman–Crippen LogP) is 2.96. The number of aryl methyl sites for hydroxylation is 1. The van der Waals surface area contributed by atoms with Crippen LogP contribution in [0, 0.1) is 0 Å². The lowest BCUT2D eigenvalue weighted by Crippen LogP contribution is -2.25. The van der Waals surface area contributed by atoms with Gasteiger partial charge < -0.3 is 21.6 Å². The smallest absolute Gasteiger partial charge is 0.146 e. The van der Waals surface area contributed by atoms with Gasteiger partial charge in [0.05, 0.1) is 11.4 Å². The normalized spacial score (nSPS) is 13.4. The number of allylic oxidation sites excluding steroid dienone is 7. The predicted molar refractivity (Wildman–Crippen MR) is 120 cm³/mol. The standard InChI is InChI=1S/C22H34N6O/c1-6-9-17(10-7-2)12-20-14-19(27-28(20)5)15-29-21(13-18(23)11-8-3)22(24)16(4)26-25/h6-7,9-10,13-14,26H,1,4,8,11-12,15,23-25H2,2-3,5H3/b10-7-,17-9+,18-13+,22-21-. The minimum Gasteiger partial charge on any atom is -0.485 e. The molecule has 1 rings (SSSR count). The van der Waals surface area contributed by atoms with Gasteiger partial charge in [-0.2, -0.15) is 5.10 Å². The molecule has 0 fully saturated rings. The van der Waals surface area contributed by atoms with Crippen LogP contribution in [0.4, 0.5) is 0 Å². The van der Waals surface area contributed by atoms with E-state index in [2.05, 4.69) is 29.8 Å². The van der Waals surface area contributed by atoms with Crippen molar-refractivity contribution in [3.8, 4) is 0 Å². The number of hydrogen-bond acceptors (Lipinski definition) is 6. The minimum absolute atomic E-state index is 0.238. The van der Waals surface area contributed by atoms with Gasteiger partial charge in [0.2, 0.25) is 0 Å². The zero-order chi connectivity index (χ0) is 21.8. The Bertz CT molecular complexity index is 826. The maximum Gasteiger partial charge on any atom is 0.146 e. The molecule has 0 aliphatic rings. The third-order valence-electron chi connectivity index (χ3n) is 4.12. The van der Waals surface area contributed by atoms with Crippen LogP contribution in [0.3, 0.4) is 0 Å². The first kappa shape index (κ1) is 23.8. The van der Waals surface area contributed by atoms with Crippen LogP contribution in [0.2, 0.25) is 0 Å². The minimum atomic E-state index is 0.238. The Balaban J connectivity index is 3.03. The number of hydrazine groups is 1. The summed E-state index contributed by atoms with van der Waals surface area (Å²) in [6, 6.07) is 2.00. The summed E-state index contributed by atoms with van der Waals surface area (Å²) >= 11 is 0. The van der Waals surface area contributed by atoms with Crippen LogP contribution in [0.5, 0.6) is 0 Å². The van der Waals surface area contributed by atoms with Crippen molar-refractivity contribution >= 4 is 0 Å². The van der Waals surface area contributed by atoms with Crippen LogP contribution in [-0.2, 0) is 24.8 Å². The fraction of sp³-hybridized carbons (Fsp3) is 0.318. The molecule has 158 valence electrons. The van der Waals surface area contributed by atoms with E-state index < -0.39 is 0 Å². The Hall–Kier alpha value is -3.19. The summed E-state index contributed by atoms with van der Waals surface area (Å²) in [6.45, 7) is 11.8. The summed E-state index contributed by atoms with van der Waals surface area (Å²) in [5, 5.41) is 4.53. The van der Waals surface area contributed by atoms with Gasteiger partial charge in [0.15, 0.2) is 0 Å². The Morgan fingerprint density at radius 1 is 1.38 bits per heavy atom. The molecule has 0 atom stereocenters. The first-order valence-electron chi connectivity index (χ1n) is 9.56. The van der Waals surface area contributed by atoms with E-state index in [0.29, 0.717) is 22.9 Å². The highest BCUT2D eigenvalue weighted by molar-refractivity contribution is 5.33. The zero-order valence-corrected chi connectivity index (χ0v) is 17.7. The largest absolute Gasteiger partial charge is 0.485 e. The highest BCUT2D eigenvalue weighted by Gasteiger charge is 2.11. The summed E-state index contributed by atoms with van der Waals surface area (Å²) in [4.78, 5) is 0. The lowest BCUT2D eigenvalue weighted by Gasteiger charge is -2.12. The number of nitrogens with one attached hydrogen (secondary N) is 1. The SMILES string of the molecule is C=C/C=C(\C=C/C)Cc1cc(COC(/C=C(/N)CCC)=C(\N)C(=C)NN)nn1C. The van der Waals surface area contributed by atoms with Crippen LogP contribution in [-0.4, -0.2) is 9.78 Å². The Morgan fingerprint density at radius 3 is 2.69 bits per heavy atom. The second kappa shape index (κ2) is 12.3. The average molecular weight is 399 g/mol. The first-order valence-corrected chi connectivity index (χ1v) is 9.56. The monoisotopic (exact) mass is 398 g/mol. The van der Waals surface area contributed by atoms with Gasteiger partial charge in [-0.05, 0) is 25.0 Å². The van der Waals surface area contributed by atoms with Crippen molar-refractivity contribution in [1.29, 1.82) is 0 Å². The second-order valence-electron chi connectivity index (χ2n) is 6.56. The molecule has 0 spiro atoms. The van der Waals surface area contributed by atoms with E-state index in [1.165, 1.54) is 0 Å². The molecular formula is C22H34N6O. The molecule has 0 amide bonds. The van der Waals surface area contributed by atoms with Gasteiger partial charge in [0.25, 0.3) is 0 Å². The zero-order valence-electron chi connectivity index (χ0n) is 17.7. The fourth-order valence-electron chi connectivity index (χ4n) is 2.66. The Kier molecular flexibility index (Phi) is 10.1. The van der Waals surface area contributed by atoms with Crippen LogP contribution in [0.25, 0.3) is 0 Å². The summed E-state index contributed by atoms with van der Waals surface area (Å²) in [5.74, 6) is 5.83. The van der Waals surface area contributed by atoms with E-state index in [1.54, 1.807) is 12.2 Å². The van der Waals surface area contributed by atoms with Crippen LogP contribution >= 0.6 is 0 Å². The van der Waals surface area contributed by atoms with Crippen LogP contribution in [0.1, 0.15) is 38.1 Å². The molecule has 7 N–H and O–H groups in total. The van der Waals surface area contributed by atoms with Gasteiger partial charge in [-0.25, -0.2) is 0 Å². The van der Waals surface area contributed by atoms with E-state index in [9.17, 15) is 0 Å². The van der Waals surface area contributed by atoms with E-state index in [1.807, 2.05) is 43.8 Å². The summed E-state index contributed by atoms with van der Waals surface area (Å²) in [5.41, 5.74) is 18.9. The highest BCUT2D eigenvalue weighted by Crippen LogP contribution is 2.16. The molecular weight excluding hydrogens is 364 g/mol. The maximum atomic E-state index is 6.11. The summed E-state index contributed by atoms with van der Waals surface area (Å²) in [6.07, 6.45) is 11.9. The van der Waals surface area contributed by atoms with E-state index in [4.69, 9.17) is 22.0 Å². The van der Waals surface area contributed by atoms with Gasteiger partial charge in [-0.1, -0.05) is 50.8 Å². The van der Waals surface area contributed by atoms with Crippen molar-refractivity contribution in [2.75, 3.05) is 0 Å². The molecule has 1 aromatic rings. The lowest BCUT2D eigenvalue weighted by atomic mass is 10.1. The molecule has 0 saturated heterocycles. The molecule has 0 saturated carbocycles. The topological polar surface area (TPSA) is 117 Å². The van der Waals surface area contributed by atoms with Crippen molar-refractivity contribution in [2.24, 2.45) is 24.4 Å². The van der Waals surface area contributed by atoms with Gasteiger partial charge in [0, 0.05) is 30.9 Å². The third-order valence-corrected chi connectivity index (χ3v) is 4.12. The molecule has 0 radical (unpaired) electrons. The number of nitrogens with zero attached hydrogens (tertiary/aromatic N) is 2. The first-order chi connectivity index (χ1) is 13.9. The third kappa shape index (κ3) is 7.75. The quantitative estimate of drug-likeness (QED) is 0.186. The molecule has 1 heterocycles. The van der Waals surface area contributed by atoms with E-state index in [0.717, 1.165) is 36.2 Å². The van der Waals surface area contributed by atoms with Crippen molar-refractivity contribution in [3.05, 3.63) is 89.4 Å². The Morgan fingerprint density at radius 2 is 2.10 bits per heavy atom. The van der Waals surface area contributed by atoms with Crippen molar-refractivity contribution in [2.45, 2.75) is 39.7 Å². The summed E-state index contributed by atoms with van der Waals surface area (Å²) in [7, 11) is 1.91. The van der Waals surface area contributed by atoms with E-state index in [-0.39, 0.29) is 6.61 Å². The van der Waals surface area contributed by atoms with Crippen molar-refractivity contribution in [3.63, 3.8) is 0 Å². The summed E-state index contributed by atoms with van der Waals surface area (Å²) < 4.78 is 7.76. The lowest BCUT2D eigenvalue weighted by molar-refractivity contribution is 0.203. The van der Waals surface area contributed by atoms with E-state index >= 15 is 0 Å². The molecule has 0 aliphatic carbocycles. The van der Waals surface area contributed by atoms with Gasteiger partial charge in [0.1, 0.15) is 18.1 Å². The molecule has 29 heavy (non-hydrogen) atoms. The molecule has 0 bridgehead atoms. The number of hydrogen-bond donors (Lipinski definition) is 4. The van der Waals surface area contributed by atoms with Crippen molar-refractivity contribution < 1.29 is 4.74 Å². The van der Waals surface area contributed by atoms with Gasteiger partial charge in [-0.15, -0.1) is 0 Å². The molecule has 7 heteroatoms. The molecule has 0 unspecified atom stereocenters. The maximum absolute atomic E-state index is 6.11. The number of nitrogens with two attached hydrogens (primary N) is 3. The van der Waals surface area contributed by atoms with Crippen LogP contribution in [0.15, 0.2) is 78.0 Å². The second-order valence-corrected chi connectivity index (χ2v) is 6.56. The van der Waals surface area contributed by atoms with Gasteiger partial charge in [-0.3, -0.25) is 10.5 Å². The molecule has 7 nitrogen and oxygen atoms in total. The average Bonchev–Trinajstić information content (AvgIpc) is 3.03. The molecule has 1 aromatic heterocycles. The molecule has 0 aliphatic heterocycles. The fourth-order valence-corrected chi connectivity index (χ4v) is 2.66. The molecule has 0 aromatic carbocycles. The van der Waals surface area contributed by atoms with Crippen molar-refractivity contribution in [1.82, 2.24) is 15.2 Å². The number of aromatic nitrogens is 2. The highest BCUT2D eigenvalue weighted by atomic mass is 16.5. The number of ether oxygens (including phenoxy) is 1. The number of rotatable bonds is 12. The Labute approximate surface area is 173 Å².